The van der Waals surface area contributed by atoms with Gasteiger partial charge in [0.25, 0.3) is 5.91 Å². The first-order valence-corrected chi connectivity index (χ1v) is 6.66. The quantitative estimate of drug-likeness (QED) is 0.814. The largest absolute Gasteiger partial charge is 0.476 e. The summed E-state index contributed by atoms with van der Waals surface area (Å²) in [6.45, 7) is 0.307. The number of benzene rings is 1. The summed E-state index contributed by atoms with van der Waals surface area (Å²) in [5.41, 5.74) is 0.470. The van der Waals surface area contributed by atoms with Crippen molar-refractivity contribution in [3.63, 3.8) is 0 Å². The predicted octanol–water partition coefficient (Wildman–Crippen LogP) is 1.78. The molecule has 22 heavy (non-hydrogen) atoms. The van der Waals surface area contributed by atoms with Crippen LogP contribution in [-0.2, 0) is 0 Å². The number of carboxylic acids is 1. The number of carbonyl (C=O) groups excluding carboxylic acids is 1. The molecule has 3 heterocycles. The molecule has 0 saturated carbocycles. The Kier molecular flexibility index (Phi) is 2.47. The van der Waals surface area contributed by atoms with Gasteiger partial charge in [0.1, 0.15) is 12.1 Å². The van der Waals surface area contributed by atoms with Crippen molar-refractivity contribution in [2.24, 2.45) is 0 Å². The molecule has 0 saturated heterocycles. The van der Waals surface area contributed by atoms with E-state index in [2.05, 4.69) is 4.98 Å². The number of nitrogens with zero attached hydrogens (tertiary/aromatic N) is 3. The van der Waals surface area contributed by atoms with Gasteiger partial charge in [0.2, 0.25) is 0 Å². The molecule has 6 nitrogen and oxygen atoms in total. The average molecular weight is 299 g/mol. The topological polar surface area (TPSA) is 75.4 Å². The van der Waals surface area contributed by atoms with Gasteiger partial charge in [0.15, 0.2) is 5.69 Å². The Morgan fingerprint density at radius 3 is 3.00 bits per heavy atom. The van der Waals surface area contributed by atoms with Crippen molar-refractivity contribution in [3.05, 3.63) is 59.4 Å². The molecule has 2 aromatic rings. The summed E-state index contributed by atoms with van der Waals surface area (Å²) in [7, 11) is 0. The second kappa shape index (κ2) is 4.27. The van der Waals surface area contributed by atoms with Crippen molar-refractivity contribution in [2.45, 2.75) is 6.04 Å². The number of amides is 1. The molecule has 1 atom stereocenters. The fraction of sp³-hybridized carbons (Fsp3) is 0.133. The number of hydrogen-bond acceptors (Lipinski definition) is 3. The molecule has 7 heteroatoms. The summed E-state index contributed by atoms with van der Waals surface area (Å²) >= 11 is 0. The van der Waals surface area contributed by atoms with Crippen LogP contribution < -0.4 is 0 Å². The number of fused-ring (bicyclic) bond motifs is 5. The molecular formula is C15H10FN3O3. The van der Waals surface area contributed by atoms with Crippen molar-refractivity contribution in [2.75, 3.05) is 6.54 Å². The van der Waals surface area contributed by atoms with Gasteiger partial charge in [-0.25, -0.2) is 14.2 Å². The maximum atomic E-state index is 14.2. The molecule has 0 bridgehead atoms. The molecular weight excluding hydrogens is 289 g/mol. The zero-order valence-electron chi connectivity index (χ0n) is 11.2. The highest BCUT2D eigenvalue weighted by molar-refractivity contribution is 6.00. The van der Waals surface area contributed by atoms with Crippen molar-refractivity contribution in [1.29, 1.82) is 0 Å². The Hall–Kier alpha value is -2.96. The van der Waals surface area contributed by atoms with Crippen LogP contribution in [0.25, 0.3) is 5.69 Å². The highest BCUT2D eigenvalue weighted by atomic mass is 19.1. The van der Waals surface area contributed by atoms with E-state index >= 15 is 0 Å². The van der Waals surface area contributed by atoms with E-state index in [0.717, 1.165) is 0 Å². The van der Waals surface area contributed by atoms with Crippen LogP contribution in [0, 0.1) is 5.82 Å². The number of hydrogen-bond donors (Lipinski definition) is 1. The van der Waals surface area contributed by atoms with Gasteiger partial charge in [0.05, 0.1) is 23.0 Å². The molecule has 0 radical (unpaired) electrons. The van der Waals surface area contributed by atoms with Crippen LogP contribution in [0.4, 0.5) is 4.39 Å². The average Bonchev–Trinajstić information content (AvgIpc) is 3.10. The Morgan fingerprint density at radius 2 is 2.23 bits per heavy atom. The molecule has 110 valence electrons. The third-order valence-electron chi connectivity index (χ3n) is 3.97. The summed E-state index contributed by atoms with van der Waals surface area (Å²) < 4.78 is 15.7. The van der Waals surface area contributed by atoms with Crippen LogP contribution in [0.1, 0.15) is 32.6 Å². The second-order valence-corrected chi connectivity index (χ2v) is 5.12. The van der Waals surface area contributed by atoms with Gasteiger partial charge in [-0.15, -0.1) is 0 Å². The van der Waals surface area contributed by atoms with Crippen LogP contribution in [0.2, 0.25) is 0 Å². The fourth-order valence-corrected chi connectivity index (χ4v) is 3.03. The van der Waals surface area contributed by atoms with Gasteiger partial charge in [-0.3, -0.25) is 9.36 Å². The van der Waals surface area contributed by atoms with E-state index in [4.69, 9.17) is 0 Å². The second-order valence-electron chi connectivity index (χ2n) is 5.12. The molecule has 2 aliphatic heterocycles. The van der Waals surface area contributed by atoms with Gasteiger partial charge in [-0.1, -0.05) is 18.2 Å². The molecule has 0 unspecified atom stereocenters. The number of rotatable bonds is 1. The maximum Gasteiger partial charge on any atom is 0.356 e. The zero-order valence-corrected chi connectivity index (χ0v) is 11.2. The van der Waals surface area contributed by atoms with E-state index in [1.807, 2.05) is 0 Å². The third-order valence-corrected chi connectivity index (χ3v) is 3.97. The number of carboxylic acid groups (broad SMARTS) is 1. The Bertz CT molecular complexity index is 856. The van der Waals surface area contributed by atoms with Crippen LogP contribution in [-0.4, -0.2) is 38.0 Å². The zero-order chi connectivity index (χ0) is 15.4. The summed E-state index contributed by atoms with van der Waals surface area (Å²) in [5.74, 6) is -2.27. The standard InChI is InChI=1S/C15H10FN3O3/c16-8-3-1-4-9-11(8)14(20)18-6-2-5-10(18)13-12(15(21)22)17-7-19(9)13/h1-5,7,10H,6H2,(H,21,22)/t10-/m1/s1. The first-order valence-electron chi connectivity index (χ1n) is 6.66. The Balaban J connectivity index is 2.09. The molecule has 4 rings (SSSR count). The summed E-state index contributed by atoms with van der Waals surface area (Å²) in [4.78, 5) is 29.4. The van der Waals surface area contributed by atoms with Gasteiger partial charge in [-0.2, -0.15) is 0 Å². The third kappa shape index (κ3) is 1.50. The molecule has 1 aromatic heterocycles. The fourth-order valence-electron chi connectivity index (χ4n) is 3.03. The number of aromatic nitrogens is 2. The van der Waals surface area contributed by atoms with E-state index in [9.17, 15) is 19.1 Å². The van der Waals surface area contributed by atoms with Crippen LogP contribution >= 0.6 is 0 Å². The summed E-state index contributed by atoms with van der Waals surface area (Å²) in [6.07, 6.45) is 4.82. The van der Waals surface area contributed by atoms with Crippen molar-refractivity contribution >= 4 is 11.9 Å². The van der Waals surface area contributed by atoms with E-state index in [-0.39, 0.29) is 11.3 Å². The maximum absolute atomic E-state index is 14.2. The number of carbonyl (C=O) groups is 2. The lowest BCUT2D eigenvalue weighted by molar-refractivity contribution is 0.0676. The highest BCUT2D eigenvalue weighted by Gasteiger charge is 2.38. The van der Waals surface area contributed by atoms with Gasteiger partial charge in [0, 0.05) is 6.54 Å². The van der Waals surface area contributed by atoms with E-state index in [1.165, 1.54) is 27.9 Å². The number of halogens is 1. The minimum Gasteiger partial charge on any atom is -0.476 e. The molecule has 1 amide bonds. The van der Waals surface area contributed by atoms with Crippen LogP contribution in [0.15, 0.2) is 36.7 Å². The monoisotopic (exact) mass is 299 g/mol. The minimum atomic E-state index is -1.18. The minimum absolute atomic E-state index is 0.0655. The SMILES string of the molecule is O=C(O)c1ncn2c1[C@H]1C=CCN1C(=O)c1c(F)cccc1-2. The summed E-state index contributed by atoms with van der Waals surface area (Å²) in [5, 5.41) is 9.33. The molecule has 1 N–H and O–H groups in total. The first kappa shape index (κ1) is 12.8. The normalized spacial score (nSPS) is 18.7. The van der Waals surface area contributed by atoms with Crippen LogP contribution in [0.5, 0.6) is 0 Å². The van der Waals surface area contributed by atoms with Gasteiger partial charge in [-0.05, 0) is 12.1 Å². The van der Waals surface area contributed by atoms with Crippen molar-refractivity contribution < 1.29 is 19.1 Å². The Labute approximate surface area is 124 Å². The Morgan fingerprint density at radius 1 is 1.41 bits per heavy atom. The summed E-state index contributed by atoms with van der Waals surface area (Å²) in [6, 6.07) is 3.72. The lowest BCUT2D eigenvalue weighted by atomic mass is 10.1. The highest BCUT2D eigenvalue weighted by Crippen LogP contribution is 2.37. The molecule has 0 spiro atoms. The van der Waals surface area contributed by atoms with Gasteiger partial charge >= 0.3 is 5.97 Å². The lowest BCUT2D eigenvalue weighted by Gasteiger charge is -2.22. The van der Waals surface area contributed by atoms with Crippen molar-refractivity contribution in [1.82, 2.24) is 14.5 Å². The van der Waals surface area contributed by atoms with Crippen LogP contribution in [0.3, 0.4) is 0 Å². The smallest absolute Gasteiger partial charge is 0.356 e. The van der Waals surface area contributed by atoms with Crippen molar-refractivity contribution in [3.8, 4) is 5.69 Å². The number of aromatic carboxylic acids is 1. The van der Waals surface area contributed by atoms with E-state index < -0.39 is 23.7 Å². The molecule has 2 aliphatic rings. The van der Waals surface area contributed by atoms with E-state index in [0.29, 0.717) is 17.9 Å². The number of imidazole rings is 1. The predicted molar refractivity (Wildman–Crippen MR) is 73.4 cm³/mol. The first-order chi connectivity index (χ1) is 10.6. The molecule has 0 fully saturated rings. The molecule has 1 aromatic carbocycles. The van der Waals surface area contributed by atoms with E-state index in [1.54, 1.807) is 18.2 Å². The lowest BCUT2D eigenvalue weighted by Crippen LogP contribution is -2.31. The van der Waals surface area contributed by atoms with Gasteiger partial charge < -0.3 is 10.0 Å². The molecule has 0 aliphatic carbocycles.